The minimum absolute atomic E-state index is 0.830. The first-order valence-corrected chi connectivity index (χ1v) is 7.43. The summed E-state index contributed by atoms with van der Waals surface area (Å²) in [5.74, 6) is 3.38. The number of aryl methyl sites for hydroxylation is 1. The molecule has 0 saturated heterocycles. The summed E-state index contributed by atoms with van der Waals surface area (Å²) in [4.78, 5) is 0. The minimum Gasteiger partial charge on any atom is -0.497 e. The lowest BCUT2D eigenvalue weighted by atomic mass is 10.0. The smallest absolute Gasteiger partial charge is 0.360 e. The molecule has 0 amide bonds. The molecular formula is C20H19O3+. The fourth-order valence-electron chi connectivity index (χ4n) is 2.48. The number of hydrogen-bond acceptors (Lipinski definition) is 2. The molecule has 0 aliphatic carbocycles. The Morgan fingerprint density at radius 3 is 1.70 bits per heavy atom. The average Bonchev–Trinajstić information content (AvgIpc) is 2.61. The molecule has 2 aromatic carbocycles. The largest absolute Gasteiger partial charge is 0.497 e. The lowest BCUT2D eigenvalue weighted by Crippen LogP contribution is -1.87. The molecule has 3 heteroatoms. The maximum Gasteiger partial charge on any atom is 0.360 e. The van der Waals surface area contributed by atoms with E-state index in [1.807, 2.05) is 61.5 Å². The Kier molecular flexibility index (Phi) is 4.29. The van der Waals surface area contributed by atoms with E-state index in [4.69, 9.17) is 13.9 Å². The van der Waals surface area contributed by atoms with Crippen molar-refractivity contribution in [2.75, 3.05) is 14.2 Å². The quantitative estimate of drug-likeness (QED) is 0.619. The SMILES string of the molecule is COc1ccc(-c2cc(C)[o+]c(-c3ccc(OC)cc3)c2)cc1. The van der Waals surface area contributed by atoms with E-state index in [2.05, 4.69) is 6.07 Å². The van der Waals surface area contributed by atoms with E-state index in [1.54, 1.807) is 14.2 Å². The molecule has 3 nitrogen and oxygen atoms in total. The molecule has 3 aromatic rings. The maximum absolute atomic E-state index is 5.88. The van der Waals surface area contributed by atoms with E-state index in [1.165, 1.54) is 0 Å². The fourth-order valence-corrected chi connectivity index (χ4v) is 2.48. The van der Waals surface area contributed by atoms with E-state index in [0.29, 0.717) is 0 Å². The van der Waals surface area contributed by atoms with Crippen LogP contribution in [0.25, 0.3) is 22.5 Å². The van der Waals surface area contributed by atoms with Gasteiger partial charge in [-0.3, -0.25) is 0 Å². The van der Waals surface area contributed by atoms with Gasteiger partial charge >= 0.3 is 11.5 Å². The molecule has 0 N–H and O–H groups in total. The molecule has 0 spiro atoms. The molecular weight excluding hydrogens is 288 g/mol. The topological polar surface area (TPSA) is 29.8 Å². The summed E-state index contributed by atoms with van der Waals surface area (Å²) in [6.07, 6.45) is 0. The molecule has 1 heterocycles. The van der Waals surface area contributed by atoms with E-state index in [-0.39, 0.29) is 0 Å². The van der Waals surface area contributed by atoms with E-state index in [0.717, 1.165) is 39.7 Å². The predicted molar refractivity (Wildman–Crippen MR) is 91.8 cm³/mol. The molecule has 0 aliphatic heterocycles. The Morgan fingerprint density at radius 1 is 0.652 bits per heavy atom. The second kappa shape index (κ2) is 6.53. The van der Waals surface area contributed by atoms with Crippen LogP contribution in [0.4, 0.5) is 0 Å². The predicted octanol–water partition coefficient (Wildman–Crippen LogP) is 5.22. The van der Waals surface area contributed by atoms with Gasteiger partial charge in [0.15, 0.2) is 0 Å². The van der Waals surface area contributed by atoms with Gasteiger partial charge in [-0.25, -0.2) is 4.42 Å². The van der Waals surface area contributed by atoms with Crippen LogP contribution in [-0.4, -0.2) is 14.2 Å². The lowest BCUT2D eigenvalue weighted by molar-refractivity contribution is 0.414. The molecule has 0 atom stereocenters. The first-order valence-electron chi connectivity index (χ1n) is 7.43. The molecule has 116 valence electrons. The van der Waals surface area contributed by atoms with Gasteiger partial charge in [-0.15, -0.1) is 0 Å². The zero-order valence-electron chi connectivity index (χ0n) is 13.5. The van der Waals surface area contributed by atoms with E-state index in [9.17, 15) is 0 Å². The zero-order chi connectivity index (χ0) is 16.2. The van der Waals surface area contributed by atoms with Crippen molar-refractivity contribution in [1.29, 1.82) is 0 Å². The Labute approximate surface area is 136 Å². The number of hydrogen-bond donors (Lipinski definition) is 0. The third-order valence-corrected chi connectivity index (χ3v) is 3.71. The van der Waals surface area contributed by atoms with Crippen molar-refractivity contribution in [3.05, 3.63) is 66.4 Å². The molecule has 0 fully saturated rings. The summed E-state index contributed by atoms with van der Waals surface area (Å²) in [7, 11) is 3.33. The van der Waals surface area contributed by atoms with Crippen LogP contribution in [-0.2, 0) is 0 Å². The summed E-state index contributed by atoms with van der Waals surface area (Å²) in [5, 5.41) is 0. The highest BCUT2D eigenvalue weighted by Gasteiger charge is 2.16. The van der Waals surface area contributed by atoms with Crippen LogP contribution < -0.4 is 9.47 Å². The molecule has 0 aliphatic rings. The average molecular weight is 307 g/mol. The molecule has 0 saturated carbocycles. The Hall–Kier alpha value is -2.81. The van der Waals surface area contributed by atoms with E-state index >= 15 is 0 Å². The molecule has 0 bridgehead atoms. The minimum atomic E-state index is 0.830. The van der Waals surface area contributed by atoms with Crippen molar-refractivity contribution in [2.24, 2.45) is 0 Å². The monoisotopic (exact) mass is 307 g/mol. The summed E-state index contributed by atoms with van der Waals surface area (Å²) in [6.45, 7) is 1.96. The number of benzene rings is 2. The highest BCUT2D eigenvalue weighted by Crippen LogP contribution is 2.30. The van der Waals surface area contributed by atoms with Crippen molar-refractivity contribution in [3.8, 4) is 33.9 Å². The second-order valence-electron chi connectivity index (χ2n) is 5.28. The number of methoxy groups -OCH3 is 2. The normalized spacial score (nSPS) is 10.4. The first-order chi connectivity index (χ1) is 11.2. The van der Waals surface area contributed by atoms with Crippen LogP contribution in [0.5, 0.6) is 11.5 Å². The number of ether oxygens (including phenoxy) is 2. The summed E-state index contributed by atoms with van der Waals surface area (Å²) < 4.78 is 16.3. The highest BCUT2D eigenvalue weighted by atomic mass is 16.5. The molecule has 3 rings (SSSR count). The Morgan fingerprint density at radius 2 is 1.17 bits per heavy atom. The highest BCUT2D eigenvalue weighted by molar-refractivity contribution is 5.70. The molecule has 0 unspecified atom stereocenters. The first kappa shape index (κ1) is 15.1. The van der Waals surface area contributed by atoms with Crippen molar-refractivity contribution in [2.45, 2.75) is 6.92 Å². The fraction of sp³-hybridized carbons (Fsp3) is 0.150. The van der Waals surface area contributed by atoms with Gasteiger partial charge in [-0.05, 0) is 42.0 Å². The summed E-state index contributed by atoms with van der Waals surface area (Å²) in [6, 6.07) is 20.0. The Bertz CT molecular complexity index is 724. The van der Waals surface area contributed by atoms with E-state index < -0.39 is 0 Å². The van der Waals surface area contributed by atoms with Crippen LogP contribution in [0, 0.1) is 6.92 Å². The van der Waals surface area contributed by atoms with Crippen LogP contribution in [0.1, 0.15) is 5.76 Å². The standard InChI is InChI=1S/C20H19O3/c1-14-12-17(15-4-8-18(21-2)9-5-15)13-20(23-14)16-6-10-19(22-3)11-7-16/h4-13H,1-3H3/q+1. The molecule has 1 aromatic heterocycles. The lowest BCUT2D eigenvalue weighted by Gasteiger charge is -2.03. The number of rotatable bonds is 4. The van der Waals surface area contributed by atoms with Crippen molar-refractivity contribution in [3.63, 3.8) is 0 Å². The summed E-state index contributed by atoms with van der Waals surface area (Å²) in [5.41, 5.74) is 3.26. The van der Waals surface area contributed by atoms with Gasteiger partial charge in [0.1, 0.15) is 11.5 Å². The van der Waals surface area contributed by atoms with Gasteiger partial charge in [0.05, 0.1) is 32.8 Å². The zero-order valence-corrected chi connectivity index (χ0v) is 13.5. The summed E-state index contributed by atoms with van der Waals surface area (Å²) >= 11 is 0. The Balaban J connectivity index is 2.00. The van der Waals surface area contributed by atoms with Crippen molar-refractivity contribution >= 4 is 0 Å². The molecule has 0 radical (unpaired) electrons. The van der Waals surface area contributed by atoms with Crippen LogP contribution >= 0.6 is 0 Å². The van der Waals surface area contributed by atoms with Gasteiger partial charge in [0, 0.05) is 11.6 Å². The van der Waals surface area contributed by atoms with Gasteiger partial charge in [-0.1, -0.05) is 12.1 Å². The van der Waals surface area contributed by atoms with Crippen LogP contribution in [0.2, 0.25) is 0 Å². The van der Waals surface area contributed by atoms with Gasteiger partial charge in [-0.2, -0.15) is 0 Å². The second-order valence-corrected chi connectivity index (χ2v) is 5.28. The maximum atomic E-state index is 5.88. The third kappa shape index (κ3) is 3.34. The van der Waals surface area contributed by atoms with Crippen molar-refractivity contribution in [1.82, 2.24) is 0 Å². The molecule has 23 heavy (non-hydrogen) atoms. The van der Waals surface area contributed by atoms with Gasteiger partial charge in [0.25, 0.3) is 0 Å². The third-order valence-electron chi connectivity index (χ3n) is 3.71. The van der Waals surface area contributed by atoms with Gasteiger partial charge in [0.2, 0.25) is 0 Å². The van der Waals surface area contributed by atoms with Crippen LogP contribution in [0.15, 0.2) is 65.1 Å². The van der Waals surface area contributed by atoms with Gasteiger partial charge < -0.3 is 9.47 Å². The van der Waals surface area contributed by atoms with Crippen molar-refractivity contribution < 1.29 is 13.9 Å². The van der Waals surface area contributed by atoms with Crippen LogP contribution in [0.3, 0.4) is 0 Å².